The quantitative estimate of drug-likeness (QED) is 0.208. The minimum Gasteiger partial charge on any atom is -0.489 e. The van der Waals surface area contributed by atoms with E-state index in [4.69, 9.17) is 9.47 Å². The Bertz CT molecular complexity index is 1260. The first kappa shape index (κ1) is 23.3. The molecule has 0 unspecified atom stereocenters. The molecule has 4 aromatic carbocycles. The topological polar surface area (TPSA) is 59.9 Å². The number of ether oxygens (including phenoxy) is 2. The summed E-state index contributed by atoms with van der Waals surface area (Å²) in [6, 6.07) is 32.4. The van der Waals surface area contributed by atoms with Crippen molar-refractivity contribution < 1.29 is 14.3 Å². The van der Waals surface area contributed by atoms with Crippen molar-refractivity contribution in [1.82, 2.24) is 5.43 Å². The highest BCUT2D eigenvalue weighted by Crippen LogP contribution is 2.20. The van der Waals surface area contributed by atoms with Crippen molar-refractivity contribution in [3.8, 4) is 11.5 Å². The van der Waals surface area contributed by atoms with Crippen LogP contribution >= 0.6 is 15.9 Å². The monoisotopic (exact) mass is 514 g/mol. The first-order chi connectivity index (χ1) is 16.7. The lowest BCUT2D eigenvalue weighted by molar-refractivity contribution is 0.0950. The molecule has 34 heavy (non-hydrogen) atoms. The van der Waals surface area contributed by atoms with Gasteiger partial charge < -0.3 is 9.47 Å². The maximum Gasteiger partial charge on any atom is 0.275 e. The normalized spacial score (nSPS) is 10.7. The molecule has 0 bridgehead atoms. The van der Waals surface area contributed by atoms with E-state index in [9.17, 15) is 4.79 Å². The largest absolute Gasteiger partial charge is 0.489 e. The number of amides is 1. The fourth-order valence-corrected chi connectivity index (χ4v) is 3.44. The molecule has 0 aromatic heterocycles. The molecule has 0 fully saturated rings. The Morgan fingerprint density at radius 1 is 0.794 bits per heavy atom. The molecule has 0 radical (unpaired) electrons. The van der Waals surface area contributed by atoms with Gasteiger partial charge in [0.05, 0.1) is 11.8 Å². The van der Waals surface area contributed by atoms with Gasteiger partial charge in [0.25, 0.3) is 5.91 Å². The lowest BCUT2D eigenvalue weighted by Crippen LogP contribution is -2.18. The van der Waals surface area contributed by atoms with E-state index < -0.39 is 0 Å². The minimum absolute atomic E-state index is 0.345. The molecule has 0 saturated heterocycles. The van der Waals surface area contributed by atoms with Crippen molar-refractivity contribution in [2.24, 2.45) is 5.10 Å². The predicted molar refractivity (Wildman–Crippen MR) is 137 cm³/mol. The van der Waals surface area contributed by atoms with Gasteiger partial charge in [0.2, 0.25) is 0 Å². The Balaban J connectivity index is 1.34. The molecule has 0 aliphatic rings. The first-order valence-electron chi connectivity index (χ1n) is 10.7. The van der Waals surface area contributed by atoms with Gasteiger partial charge in [-0.1, -0.05) is 82.7 Å². The number of rotatable bonds is 9. The molecule has 0 aliphatic heterocycles. The van der Waals surface area contributed by atoms with Crippen LogP contribution < -0.4 is 14.9 Å². The SMILES string of the molecule is O=C(N/N=C/c1cccc(OCc2ccc(Br)cc2)c1)c1ccccc1OCc1ccccc1. The van der Waals surface area contributed by atoms with Crippen molar-refractivity contribution in [2.75, 3.05) is 0 Å². The zero-order valence-electron chi connectivity index (χ0n) is 18.4. The van der Waals surface area contributed by atoms with Gasteiger partial charge in [0.15, 0.2) is 0 Å². The average Bonchev–Trinajstić information content (AvgIpc) is 2.88. The molecule has 5 nitrogen and oxygen atoms in total. The summed E-state index contributed by atoms with van der Waals surface area (Å²) in [6.45, 7) is 0.839. The highest BCUT2D eigenvalue weighted by molar-refractivity contribution is 9.10. The van der Waals surface area contributed by atoms with Crippen molar-refractivity contribution in [3.05, 3.63) is 130 Å². The third kappa shape index (κ3) is 6.80. The van der Waals surface area contributed by atoms with E-state index in [1.807, 2.05) is 84.9 Å². The summed E-state index contributed by atoms with van der Waals surface area (Å²) in [5.74, 6) is 0.878. The van der Waals surface area contributed by atoms with Crippen molar-refractivity contribution in [3.63, 3.8) is 0 Å². The Kier molecular flexibility index (Phi) is 8.08. The second-order valence-corrected chi connectivity index (χ2v) is 8.37. The number of halogens is 1. The van der Waals surface area contributed by atoms with E-state index in [1.165, 1.54) is 0 Å². The number of carbonyl (C=O) groups is 1. The van der Waals surface area contributed by atoms with Crippen LogP contribution in [0.1, 0.15) is 27.0 Å². The molecule has 4 rings (SSSR count). The third-order valence-electron chi connectivity index (χ3n) is 4.93. The maximum atomic E-state index is 12.7. The van der Waals surface area contributed by atoms with Crippen molar-refractivity contribution in [1.29, 1.82) is 0 Å². The van der Waals surface area contributed by atoms with E-state index in [0.717, 1.165) is 26.9 Å². The number of benzene rings is 4. The van der Waals surface area contributed by atoms with Gasteiger partial charge in [-0.25, -0.2) is 5.43 Å². The van der Waals surface area contributed by atoms with Gasteiger partial charge in [0, 0.05) is 4.47 Å². The summed E-state index contributed by atoms with van der Waals surface area (Å²) in [4.78, 5) is 12.7. The van der Waals surface area contributed by atoms with Gasteiger partial charge in [0.1, 0.15) is 24.7 Å². The lowest BCUT2D eigenvalue weighted by atomic mass is 10.2. The minimum atomic E-state index is -0.345. The Labute approximate surface area is 207 Å². The summed E-state index contributed by atoms with van der Waals surface area (Å²) in [5, 5.41) is 4.11. The lowest BCUT2D eigenvalue weighted by Gasteiger charge is -2.10. The van der Waals surface area contributed by atoms with Crippen LogP contribution in [-0.4, -0.2) is 12.1 Å². The van der Waals surface area contributed by atoms with Gasteiger partial charge >= 0.3 is 0 Å². The molecule has 4 aromatic rings. The number of carbonyl (C=O) groups excluding carboxylic acids is 1. The summed E-state index contributed by atoms with van der Waals surface area (Å²) in [7, 11) is 0. The van der Waals surface area contributed by atoms with Crippen LogP contribution in [0.5, 0.6) is 11.5 Å². The first-order valence-corrected chi connectivity index (χ1v) is 11.5. The van der Waals surface area contributed by atoms with Gasteiger partial charge in [-0.15, -0.1) is 0 Å². The Morgan fingerprint density at radius 2 is 1.50 bits per heavy atom. The number of para-hydroxylation sites is 1. The van der Waals surface area contributed by atoms with Gasteiger partial charge in [-0.3, -0.25) is 4.79 Å². The number of hydrogen-bond acceptors (Lipinski definition) is 4. The summed E-state index contributed by atoms with van der Waals surface area (Å²) >= 11 is 3.43. The standard InChI is InChI=1S/C28H23BrN2O3/c29-24-15-13-22(14-16-24)19-33-25-10-6-9-23(17-25)18-30-31-28(32)26-11-4-5-12-27(26)34-20-21-7-2-1-3-8-21/h1-18H,19-20H2,(H,31,32)/b30-18+. The van der Waals surface area contributed by atoms with E-state index in [0.29, 0.717) is 24.5 Å². The molecule has 1 N–H and O–H groups in total. The van der Waals surface area contributed by atoms with Gasteiger partial charge in [-0.05, 0) is 53.1 Å². The van der Waals surface area contributed by atoms with Crippen LogP contribution in [0.4, 0.5) is 0 Å². The van der Waals surface area contributed by atoms with Crippen molar-refractivity contribution >= 4 is 28.1 Å². The third-order valence-corrected chi connectivity index (χ3v) is 5.45. The number of nitrogens with one attached hydrogen (secondary N) is 1. The summed E-state index contributed by atoms with van der Waals surface area (Å²) < 4.78 is 12.8. The maximum absolute atomic E-state index is 12.7. The molecule has 6 heteroatoms. The molecule has 0 aliphatic carbocycles. The van der Waals surface area contributed by atoms with Crippen LogP contribution in [0.15, 0.2) is 113 Å². The summed E-state index contributed by atoms with van der Waals surface area (Å²) in [5.41, 5.74) is 5.90. The molecule has 0 spiro atoms. The second-order valence-electron chi connectivity index (χ2n) is 7.46. The van der Waals surface area contributed by atoms with E-state index in [2.05, 4.69) is 26.5 Å². The van der Waals surface area contributed by atoms with Gasteiger partial charge in [-0.2, -0.15) is 5.10 Å². The fourth-order valence-electron chi connectivity index (χ4n) is 3.17. The molecule has 1 amide bonds. The summed E-state index contributed by atoms with van der Waals surface area (Å²) in [6.07, 6.45) is 1.58. The smallest absolute Gasteiger partial charge is 0.275 e. The Hall–Kier alpha value is -3.90. The highest BCUT2D eigenvalue weighted by atomic mass is 79.9. The molecule has 170 valence electrons. The van der Waals surface area contributed by atoms with E-state index in [-0.39, 0.29) is 5.91 Å². The zero-order chi connectivity index (χ0) is 23.6. The van der Waals surface area contributed by atoms with Crippen molar-refractivity contribution in [2.45, 2.75) is 13.2 Å². The Morgan fingerprint density at radius 3 is 2.32 bits per heavy atom. The highest BCUT2D eigenvalue weighted by Gasteiger charge is 2.11. The number of nitrogens with zero attached hydrogens (tertiary/aromatic N) is 1. The second kappa shape index (κ2) is 11.8. The van der Waals surface area contributed by atoms with Crippen LogP contribution in [0.2, 0.25) is 0 Å². The molecular formula is C28H23BrN2O3. The number of hydrogen-bond donors (Lipinski definition) is 1. The molecule has 0 atom stereocenters. The predicted octanol–water partition coefficient (Wildman–Crippen LogP) is 6.37. The van der Waals surface area contributed by atoms with Crippen LogP contribution in [0, 0.1) is 0 Å². The average molecular weight is 515 g/mol. The van der Waals surface area contributed by atoms with Crippen LogP contribution in [0.3, 0.4) is 0 Å². The molecule has 0 saturated carbocycles. The van der Waals surface area contributed by atoms with Crippen LogP contribution in [-0.2, 0) is 13.2 Å². The molecule has 0 heterocycles. The van der Waals surface area contributed by atoms with Crippen LogP contribution in [0.25, 0.3) is 0 Å². The van der Waals surface area contributed by atoms with E-state index in [1.54, 1.807) is 24.4 Å². The van der Waals surface area contributed by atoms with E-state index >= 15 is 0 Å². The fraction of sp³-hybridized carbons (Fsp3) is 0.0714. The zero-order valence-corrected chi connectivity index (χ0v) is 19.9. The molecular weight excluding hydrogens is 492 g/mol. The number of hydrazone groups is 1.